The summed E-state index contributed by atoms with van der Waals surface area (Å²) in [5.41, 5.74) is 0. The van der Waals surface area contributed by atoms with Crippen molar-refractivity contribution in [2.45, 2.75) is 46.8 Å². The van der Waals surface area contributed by atoms with Crippen molar-refractivity contribution in [2.24, 2.45) is 0 Å². The Bertz CT molecular complexity index is 640. The van der Waals surface area contributed by atoms with Crippen LogP contribution in [0.1, 0.15) is 28.9 Å². The van der Waals surface area contributed by atoms with Gasteiger partial charge < -0.3 is 15.1 Å². The lowest BCUT2D eigenvalue weighted by molar-refractivity contribution is 0.0935. The molecule has 0 radical (unpaired) electrons. The van der Waals surface area contributed by atoms with Gasteiger partial charge in [-0.1, -0.05) is 0 Å². The first-order chi connectivity index (χ1) is 10.3. The number of aromatic nitrogens is 1. The third-order valence-corrected chi connectivity index (χ3v) is 6.11. The second-order valence-electron chi connectivity index (χ2n) is 5.38. The maximum absolute atomic E-state index is 12.3. The molecule has 0 spiro atoms. The third kappa shape index (κ3) is 2.73. The van der Waals surface area contributed by atoms with Crippen molar-refractivity contribution < 1.29 is 9.21 Å². The van der Waals surface area contributed by atoms with Crippen LogP contribution in [0.15, 0.2) is 38.4 Å². The van der Waals surface area contributed by atoms with E-state index < -0.39 is 0 Å². The number of fused-ring (bicyclic) bond motifs is 2. The number of hydrogen-bond donors (Lipinski definition) is 2. The van der Waals surface area contributed by atoms with E-state index in [1.54, 1.807) is 12.5 Å². The molecule has 2 saturated heterocycles. The molecular weight excluding hydrogens is 306 g/mol. The Hall–Kier alpha value is -1.31. The van der Waals surface area contributed by atoms with Crippen LogP contribution >= 0.6 is 23.1 Å². The van der Waals surface area contributed by atoms with Crippen molar-refractivity contribution in [1.29, 1.82) is 0 Å². The highest BCUT2D eigenvalue weighted by molar-refractivity contribution is 8.01. The van der Waals surface area contributed by atoms with Crippen LogP contribution in [0.2, 0.25) is 0 Å². The minimum Gasteiger partial charge on any atom is -0.440 e. The molecule has 0 saturated carbocycles. The summed E-state index contributed by atoms with van der Waals surface area (Å²) in [7, 11) is 0. The standard InChI is InChI=1S/C14H15N3O2S2/c18-13(17-10-7-8-1-2-9(10)16-8)11-3-4-12(20-11)21-14-15-5-6-19-14/h3-6,8-10,16H,1-2,7H2,(H,17,18)/t8-,9+,10-/m1/s1. The average molecular weight is 321 g/mol. The lowest BCUT2D eigenvalue weighted by Gasteiger charge is -2.20. The highest BCUT2D eigenvalue weighted by Crippen LogP contribution is 2.33. The van der Waals surface area contributed by atoms with Gasteiger partial charge in [-0.15, -0.1) is 11.3 Å². The van der Waals surface area contributed by atoms with Gasteiger partial charge in [0.25, 0.3) is 11.1 Å². The maximum Gasteiger partial charge on any atom is 0.261 e. The fourth-order valence-corrected chi connectivity index (χ4v) is 4.88. The fraction of sp³-hybridized carbons (Fsp3) is 0.429. The van der Waals surface area contributed by atoms with Crippen molar-refractivity contribution in [1.82, 2.24) is 15.6 Å². The molecule has 0 unspecified atom stereocenters. The van der Waals surface area contributed by atoms with Crippen molar-refractivity contribution in [3.63, 3.8) is 0 Å². The SMILES string of the molecule is O=C(N[C@@H]1C[C@H]2CC[C@@H]1N2)c1ccc(Sc2ncco2)s1. The van der Waals surface area contributed by atoms with E-state index in [0.717, 1.165) is 15.5 Å². The first-order valence-corrected chi connectivity index (χ1v) is 8.65. The molecular formula is C14H15N3O2S2. The van der Waals surface area contributed by atoms with Crippen LogP contribution in [0, 0.1) is 0 Å². The minimum absolute atomic E-state index is 0.0265. The smallest absolute Gasteiger partial charge is 0.261 e. The molecule has 5 nitrogen and oxygen atoms in total. The normalized spacial score (nSPS) is 27.1. The summed E-state index contributed by atoms with van der Waals surface area (Å²) in [5, 5.41) is 7.29. The number of thiophene rings is 1. The number of carbonyl (C=O) groups is 1. The van der Waals surface area contributed by atoms with Crippen LogP contribution in [0.5, 0.6) is 0 Å². The molecule has 2 aliphatic heterocycles. The Labute approximate surface area is 130 Å². The highest BCUT2D eigenvalue weighted by Gasteiger charge is 2.39. The number of carbonyl (C=O) groups excluding carboxylic acids is 1. The van der Waals surface area contributed by atoms with Crippen molar-refractivity contribution in [2.75, 3.05) is 0 Å². The van der Waals surface area contributed by atoms with Crippen molar-refractivity contribution in [3.05, 3.63) is 29.5 Å². The molecule has 0 aliphatic carbocycles. The summed E-state index contributed by atoms with van der Waals surface area (Å²) >= 11 is 2.91. The van der Waals surface area contributed by atoms with E-state index in [9.17, 15) is 4.79 Å². The molecule has 2 aliphatic rings. The van der Waals surface area contributed by atoms with Crippen LogP contribution in [-0.4, -0.2) is 29.0 Å². The third-order valence-electron chi connectivity index (χ3n) is 4.02. The summed E-state index contributed by atoms with van der Waals surface area (Å²) in [4.78, 5) is 17.1. The topological polar surface area (TPSA) is 67.2 Å². The van der Waals surface area contributed by atoms with E-state index in [1.165, 1.54) is 35.9 Å². The number of nitrogens with one attached hydrogen (secondary N) is 2. The summed E-state index contributed by atoms with van der Waals surface area (Å²) in [6.07, 6.45) is 6.63. The largest absolute Gasteiger partial charge is 0.440 e. The zero-order valence-corrected chi connectivity index (χ0v) is 12.9. The monoisotopic (exact) mass is 321 g/mol. The predicted octanol–water partition coefficient (Wildman–Crippen LogP) is 2.51. The molecule has 2 aromatic heterocycles. The van der Waals surface area contributed by atoms with Gasteiger partial charge >= 0.3 is 0 Å². The maximum atomic E-state index is 12.3. The summed E-state index contributed by atoms with van der Waals surface area (Å²) in [5.74, 6) is 0.0265. The number of oxazole rings is 1. The quantitative estimate of drug-likeness (QED) is 0.906. The predicted molar refractivity (Wildman–Crippen MR) is 80.8 cm³/mol. The molecule has 110 valence electrons. The van der Waals surface area contributed by atoms with E-state index in [2.05, 4.69) is 15.6 Å². The van der Waals surface area contributed by atoms with Crippen molar-refractivity contribution >= 4 is 29.0 Å². The molecule has 7 heteroatoms. The molecule has 4 heterocycles. The van der Waals surface area contributed by atoms with Gasteiger partial charge in [0.05, 0.1) is 15.3 Å². The fourth-order valence-electron chi connectivity index (χ4n) is 3.07. The number of hydrogen-bond acceptors (Lipinski definition) is 6. The van der Waals surface area contributed by atoms with Crippen molar-refractivity contribution in [3.8, 4) is 0 Å². The van der Waals surface area contributed by atoms with Gasteiger partial charge in [0.1, 0.15) is 6.26 Å². The van der Waals surface area contributed by atoms with Gasteiger partial charge in [0, 0.05) is 18.1 Å². The number of amides is 1. The summed E-state index contributed by atoms with van der Waals surface area (Å²) in [6.45, 7) is 0. The van der Waals surface area contributed by atoms with E-state index in [0.29, 0.717) is 17.3 Å². The van der Waals surface area contributed by atoms with Gasteiger partial charge in [-0.05, 0) is 43.2 Å². The molecule has 4 rings (SSSR count). The summed E-state index contributed by atoms with van der Waals surface area (Å²) in [6, 6.07) is 5.14. The lowest BCUT2D eigenvalue weighted by Crippen LogP contribution is -2.42. The van der Waals surface area contributed by atoms with E-state index in [4.69, 9.17) is 4.42 Å². The first kappa shape index (κ1) is 13.4. The Morgan fingerprint density at radius 3 is 3.14 bits per heavy atom. The zero-order valence-electron chi connectivity index (χ0n) is 11.2. The zero-order chi connectivity index (χ0) is 14.2. The van der Waals surface area contributed by atoms with Gasteiger partial charge in [-0.25, -0.2) is 4.98 Å². The van der Waals surface area contributed by atoms with Gasteiger partial charge in [0.15, 0.2) is 0 Å². The van der Waals surface area contributed by atoms with Crippen LogP contribution in [0.3, 0.4) is 0 Å². The first-order valence-electron chi connectivity index (χ1n) is 7.02. The Morgan fingerprint density at radius 1 is 1.48 bits per heavy atom. The van der Waals surface area contributed by atoms with Crippen LogP contribution in [0.4, 0.5) is 0 Å². The molecule has 21 heavy (non-hydrogen) atoms. The van der Waals surface area contributed by atoms with Gasteiger partial charge in [-0.3, -0.25) is 4.79 Å². The molecule has 0 aromatic carbocycles. The molecule has 3 atom stereocenters. The molecule has 2 aromatic rings. The molecule has 2 N–H and O–H groups in total. The second kappa shape index (κ2) is 5.47. The minimum atomic E-state index is 0.0265. The van der Waals surface area contributed by atoms with Crippen LogP contribution < -0.4 is 10.6 Å². The van der Waals surface area contributed by atoms with E-state index in [1.807, 2.05) is 12.1 Å². The summed E-state index contributed by atoms with van der Waals surface area (Å²) < 4.78 is 6.21. The molecule has 2 fully saturated rings. The Kier molecular flexibility index (Phi) is 3.48. The lowest BCUT2D eigenvalue weighted by atomic mass is 9.95. The van der Waals surface area contributed by atoms with E-state index >= 15 is 0 Å². The van der Waals surface area contributed by atoms with E-state index in [-0.39, 0.29) is 11.9 Å². The molecule has 2 bridgehead atoms. The van der Waals surface area contributed by atoms with Crippen LogP contribution in [0.25, 0.3) is 0 Å². The van der Waals surface area contributed by atoms with Crippen LogP contribution in [-0.2, 0) is 0 Å². The average Bonchev–Trinajstić information content (AvgIpc) is 3.24. The number of rotatable bonds is 4. The highest BCUT2D eigenvalue weighted by atomic mass is 32.2. The number of nitrogens with zero attached hydrogens (tertiary/aromatic N) is 1. The Balaban J connectivity index is 1.39. The Morgan fingerprint density at radius 2 is 2.43 bits per heavy atom. The molecule has 1 amide bonds. The van der Waals surface area contributed by atoms with Gasteiger partial charge in [-0.2, -0.15) is 0 Å². The van der Waals surface area contributed by atoms with Gasteiger partial charge in [0.2, 0.25) is 0 Å². The second-order valence-corrected chi connectivity index (χ2v) is 7.72.